The maximum absolute atomic E-state index is 10.6. The standard InChI is InChI=1S/C19H19Cl2NO4/c20-16-2-1-3-17(21)15(16)6-7-25-14-5-4-12-8-13(22-10-19(23)24)11-26-18(12)9-14/h1-5,9,13,22H,6-8,10-11H2,(H,23,24). The summed E-state index contributed by atoms with van der Waals surface area (Å²) in [5.41, 5.74) is 1.90. The van der Waals surface area contributed by atoms with E-state index in [-0.39, 0.29) is 12.6 Å². The Hall–Kier alpha value is -1.95. The Labute approximate surface area is 161 Å². The molecule has 26 heavy (non-hydrogen) atoms. The van der Waals surface area contributed by atoms with Gasteiger partial charge in [0.15, 0.2) is 0 Å². The average molecular weight is 396 g/mol. The lowest BCUT2D eigenvalue weighted by atomic mass is 10.0. The molecule has 1 atom stereocenters. The molecule has 0 saturated heterocycles. The molecule has 0 bridgehead atoms. The van der Waals surface area contributed by atoms with Crippen molar-refractivity contribution >= 4 is 29.2 Å². The quantitative estimate of drug-likeness (QED) is 0.749. The summed E-state index contributed by atoms with van der Waals surface area (Å²) in [5, 5.41) is 13.0. The molecule has 0 radical (unpaired) electrons. The van der Waals surface area contributed by atoms with Crippen LogP contribution in [0.3, 0.4) is 0 Å². The van der Waals surface area contributed by atoms with Gasteiger partial charge in [-0.2, -0.15) is 0 Å². The highest BCUT2D eigenvalue weighted by atomic mass is 35.5. The molecule has 1 aliphatic heterocycles. The fourth-order valence-electron chi connectivity index (χ4n) is 2.85. The number of carbonyl (C=O) groups is 1. The first-order chi connectivity index (χ1) is 12.5. The van der Waals surface area contributed by atoms with E-state index in [0.29, 0.717) is 35.4 Å². The number of hydrogen-bond donors (Lipinski definition) is 2. The maximum atomic E-state index is 10.6. The summed E-state index contributed by atoms with van der Waals surface area (Å²) in [7, 11) is 0. The van der Waals surface area contributed by atoms with Crippen molar-refractivity contribution in [2.75, 3.05) is 19.8 Å². The van der Waals surface area contributed by atoms with Gasteiger partial charge in [-0.3, -0.25) is 4.79 Å². The number of carboxylic acids is 1. The first-order valence-electron chi connectivity index (χ1n) is 8.29. The molecule has 1 aliphatic rings. The zero-order valence-electron chi connectivity index (χ0n) is 14.0. The molecule has 3 rings (SSSR count). The minimum absolute atomic E-state index is 0.00673. The number of benzene rings is 2. The second-order valence-corrected chi connectivity index (χ2v) is 6.87. The van der Waals surface area contributed by atoms with Crippen LogP contribution < -0.4 is 14.8 Å². The van der Waals surface area contributed by atoms with Gasteiger partial charge in [0.1, 0.15) is 18.1 Å². The van der Waals surface area contributed by atoms with E-state index in [4.69, 9.17) is 37.8 Å². The third-order valence-corrected chi connectivity index (χ3v) is 4.88. The van der Waals surface area contributed by atoms with Crippen LogP contribution in [0.15, 0.2) is 36.4 Å². The van der Waals surface area contributed by atoms with Gasteiger partial charge in [0, 0.05) is 28.6 Å². The second-order valence-electron chi connectivity index (χ2n) is 6.05. The molecule has 2 aromatic carbocycles. The molecule has 0 aliphatic carbocycles. The van der Waals surface area contributed by atoms with Crippen LogP contribution in [0, 0.1) is 0 Å². The van der Waals surface area contributed by atoms with E-state index < -0.39 is 5.97 Å². The molecule has 2 N–H and O–H groups in total. The van der Waals surface area contributed by atoms with Gasteiger partial charge in [0.05, 0.1) is 13.2 Å². The lowest BCUT2D eigenvalue weighted by molar-refractivity contribution is -0.136. The smallest absolute Gasteiger partial charge is 0.317 e. The van der Waals surface area contributed by atoms with E-state index in [2.05, 4.69) is 5.32 Å². The number of hydrogen-bond acceptors (Lipinski definition) is 4. The van der Waals surface area contributed by atoms with Gasteiger partial charge in [-0.25, -0.2) is 0 Å². The number of aliphatic carboxylic acids is 1. The predicted molar refractivity (Wildman–Crippen MR) is 101 cm³/mol. The summed E-state index contributed by atoms with van der Waals surface area (Å²) in [6, 6.07) is 11.1. The van der Waals surface area contributed by atoms with Gasteiger partial charge < -0.3 is 19.9 Å². The highest BCUT2D eigenvalue weighted by Crippen LogP contribution is 2.30. The van der Waals surface area contributed by atoms with E-state index in [1.165, 1.54) is 0 Å². The monoisotopic (exact) mass is 395 g/mol. The van der Waals surface area contributed by atoms with Crippen LogP contribution in [0.1, 0.15) is 11.1 Å². The molecule has 0 aromatic heterocycles. The average Bonchev–Trinajstić information content (AvgIpc) is 2.62. The van der Waals surface area contributed by atoms with Crippen LogP contribution in [0.5, 0.6) is 11.5 Å². The molecule has 138 valence electrons. The fraction of sp³-hybridized carbons (Fsp3) is 0.316. The number of halogens is 2. The summed E-state index contributed by atoms with van der Waals surface area (Å²) >= 11 is 12.3. The molecule has 2 aromatic rings. The normalized spacial score (nSPS) is 15.8. The van der Waals surface area contributed by atoms with Gasteiger partial charge in [-0.15, -0.1) is 0 Å². The number of ether oxygens (including phenoxy) is 2. The van der Waals surface area contributed by atoms with Crippen molar-refractivity contribution in [3.8, 4) is 11.5 Å². The Bertz CT molecular complexity index is 777. The topological polar surface area (TPSA) is 67.8 Å². The summed E-state index contributed by atoms with van der Waals surface area (Å²) in [4.78, 5) is 10.6. The number of rotatable bonds is 7. The predicted octanol–water partition coefficient (Wildman–Crippen LogP) is 3.59. The lowest BCUT2D eigenvalue weighted by Crippen LogP contribution is -2.41. The zero-order chi connectivity index (χ0) is 18.5. The molecular formula is C19H19Cl2NO4. The molecule has 0 spiro atoms. The van der Waals surface area contributed by atoms with Gasteiger partial charge >= 0.3 is 5.97 Å². The minimum Gasteiger partial charge on any atom is -0.493 e. The summed E-state index contributed by atoms with van der Waals surface area (Å²) in [6.45, 7) is 0.805. The largest absolute Gasteiger partial charge is 0.493 e. The first kappa shape index (κ1) is 18.8. The van der Waals surface area contributed by atoms with Crippen LogP contribution in [0.4, 0.5) is 0 Å². The SMILES string of the molecule is O=C(O)CNC1COc2cc(OCCc3c(Cl)cccc3Cl)ccc2C1. The molecular weight excluding hydrogens is 377 g/mol. The van der Waals surface area contributed by atoms with E-state index in [0.717, 1.165) is 23.3 Å². The van der Waals surface area contributed by atoms with Crippen LogP contribution in [0.2, 0.25) is 10.0 Å². The number of fused-ring (bicyclic) bond motifs is 1. The maximum Gasteiger partial charge on any atom is 0.317 e. The molecule has 0 fully saturated rings. The Morgan fingerprint density at radius 1 is 1.27 bits per heavy atom. The Morgan fingerprint density at radius 3 is 2.77 bits per heavy atom. The van der Waals surface area contributed by atoms with Crippen LogP contribution in [-0.2, 0) is 17.6 Å². The van der Waals surface area contributed by atoms with Crippen molar-refractivity contribution in [1.82, 2.24) is 5.32 Å². The first-order valence-corrected chi connectivity index (χ1v) is 9.05. The van der Waals surface area contributed by atoms with Gasteiger partial charge in [0.25, 0.3) is 0 Å². The summed E-state index contributed by atoms with van der Waals surface area (Å²) in [6.07, 6.45) is 1.33. The van der Waals surface area contributed by atoms with Gasteiger partial charge in [-0.05, 0) is 35.7 Å². The van der Waals surface area contributed by atoms with E-state index in [1.807, 2.05) is 36.4 Å². The number of nitrogens with one attached hydrogen (secondary N) is 1. The van der Waals surface area contributed by atoms with E-state index in [9.17, 15) is 4.79 Å². The van der Waals surface area contributed by atoms with E-state index in [1.54, 1.807) is 0 Å². The zero-order valence-corrected chi connectivity index (χ0v) is 15.5. The van der Waals surface area contributed by atoms with Crippen molar-refractivity contribution in [3.63, 3.8) is 0 Å². The highest BCUT2D eigenvalue weighted by molar-refractivity contribution is 6.35. The molecule has 1 heterocycles. The number of carboxylic acid groups (broad SMARTS) is 1. The van der Waals surface area contributed by atoms with Crippen LogP contribution in [-0.4, -0.2) is 36.9 Å². The van der Waals surface area contributed by atoms with Crippen molar-refractivity contribution < 1.29 is 19.4 Å². The lowest BCUT2D eigenvalue weighted by Gasteiger charge is -2.26. The molecule has 7 heteroatoms. The van der Waals surface area contributed by atoms with Crippen LogP contribution >= 0.6 is 23.2 Å². The molecule has 1 unspecified atom stereocenters. The Balaban J connectivity index is 1.56. The van der Waals surface area contributed by atoms with Gasteiger partial charge in [0.2, 0.25) is 0 Å². The molecule has 0 saturated carbocycles. The van der Waals surface area contributed by atoms with E-state index >= 15 is 0 Å². The Morgan fingerprint density at radius 2 is 2.04 bits per heavy atom. The van der Waals surface area contributed by atoms with Crippen molar-refractivity contribution in [2.24, 2.45) is 0 Å². The third kappa shape index (κ3) is 4.81. The molecule has 0 amide bonds. The summed E-state index contributed by atoms with van der Waals surface area (Å²) < 4.78 is 11.5. The third-order valence-electron chi connectivity index (χ3n) is 4.17. The van der Waals surface area contributed by atoms with Crippen molar-refractivity contribution in [1.29, 1.82) is 0 Å². The summed E-state index contributed by atoms with van der Waals surface area (Å²) in [5.74, 6) is 0.605. The van der Waals surface area contributed by atoms with Gasteiger partial charge in [-0.1, -0.05) is 35.3 Å². The second kappa shape index (κ2) is 8.62. The minimum atomic E-state index is -0.877. The fourth-order valence-corrected chi connectivity index (χ4v) is 3.43. The highest BCUT2D eigenvalue weighted by Gasteiger charge is 2.20. The van der Waals surface area contributed by atoms with Crippen LogP contribution in [0.25, 0.3) is 0 Å². The van der Waals surface area contributed by atoms with Crippen molar-refractivity contribution in [3.05, 3.63) is 57.6 Å². The Kier molecular flexibility index (Phi) is 6.25. The molecule has 5 nitrogen and oxygen atoms in total. The van der Waals surface area contributed by atoms with Crippen molar-refractivity contribution in [2.45, 2.75) is 18.9 Å².